The number of unbranched alkanes of at least 4 members (excludes halogenated alkanes) is 1. The number of alkyl carbamates (subject to hydrolysis) is 1. The molecule has 0 aliphatic heterocycles. The molecule has 0 unspecified atom stereocenters. The van der Waals surface area contributed by atoms with Gasteiger partial charge in [0.2, 0.25) is 0 Å². The summed E-state index contributed by atoms with van der Waals surface area (Å²) in [6.45, 7) is 10.8. The van der Waals surface area contributed by atoms with Crippen LogP contribution >= 0.6 is 0 Å². The maximum Gasteiger partial charge on any atom is 0.407 e. The summed E-state index contributed by atoms with van der Waals surface area (Å²) in [7, 11) is 0. The Bertz CT molecular complexity index is 321. The minimum atomic E-state index is -0.435. The molecule has 136 valence electrons. The second-order valence-electron chi connectivity index (χ2n) is 7.45. The first-order valence-electron chi connectivity index (χ1n) is 9.22. The average molecular weight is 328 g/mol. The Morgan fingerprint density at radius 3 is 2.35 bits per heavy atom. The van der Waals surface area contributed by atoms with Crippen molar-refractivity contribution in [1.82, 2.24) is 10.6 Å². The van der Waals surface area contributed by atoms with Crippen LogP contribution in [0, 0.1) is 0 Å². The van der Waals surface area contributed by atoms with E-state index in [9.17, 15) is 4.79 Å². The van der Waals surface area contributed by atoms with Gasteiger partial charge in [-0.15, -0.1) is 0 Å². The van der Waals surface area contributed by atoms with Crippen LogP contribution in [0.3, 0.4) is 0 Å². The molecule has 1 aliphatic carbocycles. The molecular weight excluding hydrogens is 292 g/mol. The minimum Gasteiger partial charge on any atom is -0.444 e. The summed E-state index contributed by atoms with van der Waals surface area (Å²) >= 11 is 0. The zero-order valence-corrected chi connectivity index (χ0v) is 15.5. The lowest BCUT2D eigenvalue weighted by atomic mass is 9.93. The molecule has 1 saturated carbocycles. The van der Waals surface area contributed by atoms with Gasteiger partial charge in [0.15, 0.2) is 0 Å². The molecule has 1 aliphatic rings. The second-order valence-corrected chi connectivity index (χ2v) is 7.45. The fourth-order valence-electron chi connectivity index (χ4n) is 2.72. The first-order chi connectivity index (χ1) is 10.9. The van der Waals surface area contributed by atoms with E-state index < -0.39 is 5.60 Å². The van der Waals surface area contributed by atoms with Gasteiger partial charge in [-0.05, 0) is 72.4 Å². The fourth-order valence-corrected chi connectivity index (χ4v) is 2.72. The second kappa shape index (κ2) is 10.9. The molecule has 0 saturated heterocycles. The molecule has 23 heavy (non-hydrogen) atoms. The van der Waals surface area contributed by atoms with Crippen LogP contribution < -0.4 is 10.6 Å². The predicted molar refractivity (Wildman–Crippen MR) is 93.8 cm³/mol. The monoisotopic (exact) mass is 328 g/mol. The number of amides is 1. The van der Waals surface area contributed by atoms with Crippen molar-refractivity contribution in [2.75, 3.05) is 19.7 Å². The van der Waals surface area contributed by atoms with Crippen molar-refractivity contribution >= 4 is 6.09 Å². The Hall–Kier alpha value is -0.810. The van der Waals surface area contributed by atoms with E-state index in [1.54, 1.807) is 0 Å². The molecule has 0 heterocycles. The van der Waals surface area contributed by atoms with Crippen LogP contribution in [0.25, 0.3) is 0 Å². The lowest BCUT2D eigenvalue weighted by Gasteiger charge is -2.30. The molecule has 0 bridgehead atoms. The topological polar surface area (TPSA) is 59.6 Å². The van der Waals surface area contributed by atoms with Crippen molar-refractivity contribution in [2.24, 2.45) is 0 Å². The first-order valence-corrected chi connectivity index (χ1v) is 9.22. The van der Waals surface area contributed by atoms with Crippen molar-refractivity contribution in [1.29, 1.82) is 0 Å². The van der Waals surface area contributed by atoms with Gasteiger partial charge in [-0.3, -0.25) is 0 Å². The lowest BCUT2D eigenvalue weighted by molar-refractivity contribution is 0.0171. The Morgan fingerprint density at radius 2 is 1.74 bits per heavy atom. The average Bonchev–Trinajstić information content (AvgIpc) is 2.46. The van der Waals surface area contributed by atoms with Gasteiger partial charge in [-0.25, -0.2) is 4.79 Å². The van der Waals surface area contributed by atoms with E-state index in [2.05, 4.69) is 17.6 Å². The van der Waals surface area contributed by atoms with Crippen LogP contribution in [-0.2, 0) is 9.47 Å². The number of hydrogen-bond acceptors (Lipinski definition) is 4. The van der Waals surface area contributed by atoms with Gasteiger partial charge in [0.25, 0.3) is 0 Å². The normalized spacial score (nSPS) is 21.9. The highest BCUT2D eigenvalue weighted by Crippen LogP contribution is 2.21. The number of nitrogens with one attached hydrogen (secondary N) is 2. The maximum atomic E-state index is 11.8. The summed E-state index contributed by atoms with van der Waals surface area (Å²) in [5.41, 5.74) is -0.435. The van der Waals surface area contributed by atoms with Crippen LogP contribution in [0.4, 0.5) is 4.79 Å². The molecule has 0 aromatic heterocycles. The van der Waals surface area contributed by atoms with Crippen LogP contribution in [0.2, 0.25) is 0 Å². The molecule has 0 atom stereocenters. The molecule has 5 heteroatoms. The molecule has 1 amide bonds. The van der Waals surface area contributed by atoms with Crippen molar-refractivity contribution < 1.29 is 14.3 Å². The van der Waals surface area contributed by atoms with E-state index in [1.807, 2.05) is 20.8 Å². The highest BCUT2D eigenvalue weighted by molar-refractivity contribution is 5.68. The van der Waals surface area contributed by atoms with Gasteiger partial charge in [-0.1, -0.05) is 13.3 Å². The van der Waals surface area contributed by atoms with E-state index >= 15 is 0 Å². The van der Waals surface area contributed by atoms with E-state index in [1.165, 1.54) is 12.8 Å². The molecule has 1 rings (SSSR count). The molecule has 0 radical (unpaired) electrons. The summed E-state index contributed by atoms with van der Waals surface area (Å²) in [6.07, 6.45) is 7.58. The summed E-state index contributed by atoms with van der Waals surface area (Å²) < 4.78 is 11.2. The standard InChI is InChI=1S/C18H36N2O3/c1-5-6-12-19-13-7-14-22-16-10-8-15(9-11-16)20-17(21)23-18(2,3)4/h15-16,19H,5-14H2,1-4H3,(H,20,21). The highest BCUT2D eigenvalue weighted by atomic mass is 16.6. The Kier molecular flexibility index (Phi) is 9.56. The molecule has 2 N–H and O–H groups in total. The smallest absolute Gasteiger partial charge is 0.407 e. The van der Waals surface area contributed by atoms with Crippen LogP contribution in [0.1, 0.15) is 72.6 Å². The van der Waals surface area contributed by atoms with Crippen molar-refractivity contribution in [2.45, 2.75) is 90.4 Å². The van der Waals surface area contributed by atoms with E-state index in [4.69, 9.17) is 9.47 Å². The van der Waals surface area contributed by atoms with Crippen molar-refractivity contribution in [3.05, 3.63) is 0 Å². The zero-order valence-electron chi connectivity index (χ0n) is 15.5. The third-order valence-electron chi connectivity index (χ3n) is 3.95. The number of carbonyl (C=O) groups excluding carboxylic acids is 1. The third kappa shape index (κ3) is 10.6. The van der Waals surface area contributed by atoms with Gasteiger partial charge in [-0.2, -0.15) is 0 Å². The Labute approximate surface area is 141 Å². The van der Waals surface area contributed by atoms with Crippen LogP contribution in [0.5, 0.6) is 0 Å². The van der Waals surface area contributed by atoms with Gasteiger partial charge >= 0.3 is 6.09 Å². The quantitative estimate of drug-likeness (QED) is 0.635. The molecule has 1 fully saturated rings. The molecular formula is C18H36N2O3. The molecule has 0 spiro atoms. The van der Waals surface area contributed by atoms with Crippen molar-refractivity contribution in [3.63, 3.8) is 0 Å². The van der Waals surface area contributed by atoms with Gasteiger partial charge in [0, 0.05) is 12.6 Å². The minimum absolute atomic E-state index is 0.223. The van der Waals surface area contributed by atoms with Crippen molar-refractivity contribution in [3.8, 4) is 0 Å². The van der Waals surface area contributed by atoms with E-state index in [0.717, 1.165) is 51.8 Å². The zero-order chi connectivity index (χ0) is 17.1. The Balaban J connectivity index is 2.03. The van der Waals surface area contributed by atoms with Gasteiger partial charge in [0.1, 0.15) is 5.60 Å². The predicted octanol–water partition coefficient (Wildman–Crippen LogP) is 3.62. The third-order valence-corrected chi connectivity index (χ3v) is 3.95. The summed E-state index contributed by atoms with van der Waals surface area (Å²) in [6, 6.07) is 0.223. The fraction of sp³-hybridized carbons (Fsp3) is 0.944. The van der Waals surface area contributed by atoms with E-state index in [0.29, 0.717) is 6.10 Å². The summed E-state index contributed by atoms with van der Waals surface area (Å²) in [5, 5.41) is 6.40. The summed E-state index contributed by atoms with van der Waals surface area (Å²) in [5.74, 6) is 0. The van der Waals surface area contributed by atoms with Crippen LogP contribution in [0.15, 0.2) is 0 Å². The summed E-state index contributed by atoms with van der Waals surface area (Å²) in [4.78, 5) is 11.8. The van der Waals surface area contributed by atoms with Crippen LogP contribution in [-0.4, -0.2) is 43.5 Å². The van der Waals surface area contributed by atoms with E-state index in [-0.39, 0.29) is 12.1 Å². The van der Waals surface area contributed by atoms with Gasteiger partial charge < -0.3 is 20.1 Å². The largest absolute Gasteiger partial charge is 0.444 e. The number of ether oxygens (including phenoxy) is 2. The first kappa shape index (κ1) is 20.2. The lowest BCUT2D eigenvalue weighted by Crippen LogP contribution is -2.41. The maximum absolute atomic E-state index is 11.8. The Morgan fingerprint density at radius 1 is 1.09 bits per heavy atom. The number of carbonyl (C=O) groups is 1. The number of rotatable bonds is 9. The van der Waals surface area contributed by atoms with Gasteiger partial charge in [0.05, 0.1) is 6.10 Å². The molecule has 0 aromatic carbocycles. The molecule has 0 aromatic rings. The molecule has 5 nitrogen and oxygen atoms in total. The SMILES string of the molecule is CCCCNCCCOC1CCC(NC(=O)OC(C)(C)C)CC1. The highest BCUT2D eigenvalue weighted by Gasteiger charge is 2.24. The number of hydrogen-bond donors (Lipinski definition) is 2.